The number of phosphoric ester groups is 7. The number of phosphoric acid groups is 8. The van der Waals surface area contributed by atoms with Crippen LogP contribution in [0.4, 0.5) is 28.8 Å². The Balaban J connectivity index is 0.000000134. The van der Waals surface area contributed by atoms with Crippen molar-refractivity contribution < 1.29 is 176 Å². The summed E-state index contributed by atoms with van der Waals surface area (Å²) in [6, 6.07) is 2.34. The molecular formula is C65H95N23O37P8. The maximum Gasteiger partial charge on any atom is 0.481 e. The molecule has 0 aromatic carbocycles. The Hall–Kier alpha value is -7.43. The number of fused-ring (bicyclic) bond motifs is 8. The van der Waals surface area contributed by atoms with Crippen molar-refractivity contribution in [3.05, 3.63) is 73.6 Å². The van der Waals surface area contributed by atoms with Crippen molar-refractivity contribution in [1.82, 2.24) is 87.6 Å². The van der Waals surface area contributed by atoms with Crippen LogP contribution in [0.2, 0.25) is 0 Å². The van der Waals surface area contributed by atoms with Crippen molar-refractivity contribution in [3.8, 4) is 0 Å². The summed E-state index contributed by atoms with van der Waals surface area (Å²) in [4.78, 5) is 192. The molecular weight excluding hydrogens is 1940 g/mol. The average Bonchev–Trinajstić information content (AvgIpc) is 1.55. The lowest BCUT2D eigenvalue weighted by Crippen LogP contribution is -2.35. The van der Waals surface area contributed by atoms with Gasteiger partial charge in [-0.2, -0.15) is 4.31 Å². The van der Waals surface area contributed by atoms with Crippen LogP contribution in [0, 0.1) is 54.8 Å². The maximum absolute atomic E-state index is 11.7. The number of nitrogens with zero attached hydrogens (tertiary/aromatic N) is 18. The predicted molar refractivity (Wildman–Crippen MR) is 452 cm³/mol. The minimum atomic E-state index is -5.26. The maximum atomic E-state index is 11.7. The standard InChI is InChI=1S/2C14H21N5O8P2.C13H19N5O9P2.C12H18N4O9P2.C12H16N4O3/c2*1-7-17-12(15-2)11-13(18-7)19(6-16-11)9-3-10(27-29(23,24)25)14(4-8(9)14)5-26-28(20,21)22;1-5-16-11(14)7-12(17-5)18(4-15-7)8-6-2-13(6,10(20)9(8)19)3-26-29(24,25)27-28(21,22)23;1-13-7-2-3-14-12-11(7)15-6-16(12)10-4-8(25-27(20,21)22)9(24-10)5-23-26(17,18)19;1-13-7-2-3-14-12-11(7)15-6-16(12)10-4-8(18)9(5-17)19-10/h2*6,8-10H,3-5H2,1-2H3,(H,15,17,18)(H2,20,21,22)(H2,23,24,25);4,6,8-10,19-20H,2-3H2,1H3,(H,24,25)(H2,14,16,17)(H2,21,22,23);2-3,6,8-10H,4-5H2,1H3,(H,13,14)(H2,17,18,19)(H2,20,21,22);2-3,6,8-10,17-18H,4-5H2,1H3,(H,13,14)/t2*8-,9+,10+,14+;6-,8-,9+,10+,13+;2*8-,9+,10+/m11100/s1. The third-order valence-corrected chi connectivity index (χ3v) is 29.2. The van der Waals surface area contributed by atoms with Crippen LogP contribution in [0.25, 0.3) is 55.8 Å². The van der Waals surface area contributed by atoms with E-state index >= 15 is 0 Å². The van der Waals surface area contributed by atoms with Gasteiger partial charge in [-0.3, -0.25) is 40.8 Å². The van der Waals surface area contributed by atoms with Crippen LogP contribution in [0.5, 0.6) is 0 Å². The molecule has 20 atom stereocenters. The van der Waals surface area contributed by atoms with Gasteiger partial charge in [-0.25, -0.2) is 101 Å². The molecule has 10 aromatic heterocycles. The fraction of sp³-hybridized carbons (Fsp3) is 0.585. The number of nitrogens with two attached hydrogens (primary N) is 1. The predicted octanol–water partition coefficient (Wildman–Crippen LogP) is 1.12. The molecule has 0 spiro atoms. The number of imidazole rings is 5. The van der Waals surface area contributed by atoms with Crippen molar-refractivity contribution in [2.24, 2.45) is 34.0 Å². The first-order chi connectivity index (χ1) is 62.0. The van der Waals surface area contributed by atoms with Crippen molar-refractivity contribution >= 4 is 147 Å². The van der Waals surface area contributed by atoms with E-state index in [1.54, 1.807) is 102 Å². The Kier molecular flexibility index (Phi) is 29.0. The average molecular weight is 2040 g/mol. The molecule has 0 bridgehead atoms. The molecule has 6 saturated carbocycles. The number of aliphatic hydroxyl groups excluding tert-OH is 4. The van der Waals surface area contributed by atoms with E-state index in [2.05, 4.69) is 104 Å². The van der Waals surface area contributed by atoms with Gasteiger partial charge in [0.1, 0.15) is 81.9 Å². The Morgan fingerprint density at radius 1 is 0.436 bits per heavy atom. The third kappa shape index (κ3) is 22.5. The second-order valence-corrected chi connectivity index (χ2v) is 42.4. The number of nitrogen functional groups attached to an aromatic ring is 1. The van der Waals surface area contributed by atoms with Gasteiger partial charge in [-0.1, -0.05) is 0 Å². The highest BCUT2D eigenvalue weighted by atomic mass is 31.3. The first kappa shape index (κ1) is 101. The zero-order valence-corrected chi connectivity index (χ0v) is 77.6. The molecule has 1 unspecified atom stereocenters. The lowest BCUT2D eigenvalue weighted by atomic mass is 10.0. The second-order valence-electron chi connectivity index (χ2n) is 32.3. The number of pyridine rings is 2. The van der Waals surface area contributed by atoms with E-state index in [0.717, 1.165) is 16.9 Å². The molecule has 6 aliphatic carbocycles. The molecule has 60 nitrogen and oxygen atoms in total. The van der Waals surface area contributed by atoms with Gasteiger partial charge in [0, 0.05) is 81.8 Å². The van der Waals surface area contributed by atoms with E-state index in [-0.39, 0.29) is 81.0 Å². The van der Waals surface area contributed by atoms with E-state index in [1.165, 1.54) is 12.7 Å². The SMILES string of the molecule is CNc1ccnc2c1ncn2[C@H]1C[C@H](O)[C@@H](CO)O1.CNc1ccnc2c1ncn2[C@H]1C[C@H](OP(=O)(O)O)[C@@H](COP(=O)(O)O)O1.CNc1nc(C)nc2c1ncn2[C@H]1C[C@H](OP(=O)(O)O)[C@]2(COP(=O)(O)O)C[C@H]12.CNc1nc(C)nc2c1ncn2[C@H]1C[C@H](OP(=O)(O)O)[C@]2(COP(=O)(O)O)C[C@H]12.Cc1nc(N)c2ncn([C@H]3[C@H](O)[C@H](O)[C@]4(COP(=O)(O)OP(=O)(O)O)C[C@H]34)c2n1. The van der Waals surface area contributed by atoms with Crippen LogP contribution in [0.3, 0.4) is 0 Å². The van der Waals surface area contributed by atoms with Gasteiger partial charge in [0.05, 0.1) is 107 Å². The summed E-state index contributed by atoms with van der Waals surface area (Å²) in [5, 5.41) is 52.0. The number of aryl methyl sites for hydroxylation is 3. The van der Waals surface area contributed by atoms with E-state index in [1.807, 2.05) is 13.1 Å². The number of aliphatic hydroxyl groups is 4. The number of anilines is 5. The highest BCUT2D eigenvalue weighted by Gasteiger charge is 2.74. The highest BCUT2D eigenvalue weighted by Crippen LogP contribution is 2.74. The fourth-order valence-corrected chi connectivity index (χ4v) is 22.8. The Bertz CT molecular complexity index is 6240. The molecule has 12 heterocycles. The number of aromatic nitrogens is 18. The lowest BCUT2D eigenvalue weighted by Gasteiger charge is -2.24. The number of hydrogen-bond donors (Lipinski definition) is 24. The van der Waals surface area contributed by atoms with Gasteiger partial charge in [0.25, 0.3) is 0 Å². The van der Waals surface area contributed by atoms with Crippen molar-refractivity contribution in [2.75, 3.05) is 88.2 Å². The van der Waals surface area contributed by atoms with Crippen molar-refractivity contribution in [2.45, 2.75) is 145 Å². The van der Waals surface area contributed by atoms with Gasteiger partial charge >= 0.3 is 62.6 Å². The number of rotatable bonds is 30. The van der Waals surface area contributed by atoms with Gasteiger partial charge in [0.2, 0.25) is 0 Å². The molecule has 8 aliphatic rings. The minimum Gasteiger partial charge on any atom is -0.394 e. The van der Waals surface area contributed by atoms with E-state index in [0.29, 0.717) is 105 Å². The van der Waals surface area contributed by atoms with Crippen LogP contribution in [-0.2, 0) is 82.0 Å². The summed E-state index contributed by atoms with van der Waals surface area (Å²) >= 11 is 0. The molecule has 10 aromatic rings. The summed E-state index contributed by atoms with van der Waals surface area (Å²) in [5.74, 6) is 2.00. The van der Waals surface area contributed by atoms with Crippen LogP contribution in [-0.4, -0.2) is 292 Å². The van der Waals surface area contributed by atoms with Gasteiger partial charge < -0.3 is 144 Å². The number of nitrogens with one attached hydrogen (secondary N) is 4. The van der Waals surface area contributed by atoms with Crippen LogP contribution in [0.15, 0.2) is 56.2 Å². The van der Waals surface area contributed by atoms with Gasteiger partial charge in [0.15, 0.2) is 45.7 Å². The first-order valence-electron chi connectivity index (χ1n) is 39.8. The number of hydrogen-bond acceptors (Lipinski definition) is 40. The molecule has 0 radical (unpaired) electrons. The summed E-state index contributed by atoms with van der Waals surface area (Å²) in [6.07, 6.45) is 3.84. The van der Waals surface area contributed by atoms with Crippen LogP contribution >= 0.6 is 62.6 Å². The number of ether oxygens (including phenoxy) is 2. The van der Waals surface area contributed by atoms with E-state index in [9.17, 15) is 76.3 Å². The van der Waals surface area contributed by atoms with E-state index in [4.69, 9.17) is 87.3 Å². The second kappa shape index (κ2) is 38.1. The normalized spacial score (nSPS) is 28.8. The summed E-state index contributed by atoms with van der Waals surface area (Å²) in [5.41, 5.74) is 9.95. The summed E-state index contributed by atoms with van der Waals surface area (Å²) < 4.78 is 147. The Labute approximate surface area is 748 Å². The van der Waals surface area contributed by atoms with Gasteiger partial charge in [-0.05, 0) is 82.8 Å². The molecule has 2 saturated heterocycles. The summed E-state index contributed by atoms with van der Waals surface area (Å²) in [7, 11) is -32.1. The molecule has 8 fully saturated rings. The van der Waals surface area contributed by atoms with Crippen LogP contribution in [0.1, 0.15) is 93.0 Å². The highest BCUT2D eigenvalue weighted by molar-refractivity contribution is 7.60. The minimum absolute atomic E-state index is 0.0167. The van der Waals surface area contributed by atoms with Crippen molar-refractivity contribution in [1.29, 1.82) is 0 Å². The molecule has 0 amide bonds. The quantitative estimate of drug-likeness (QED) is 0.0280. The molecule has 732 valence electrons. The lowest BCUT2D eigenvalue weighted by molar-refractivity contribution is -0.0432. The fourth-order valence-electron chi connectivity index (χ4n) is 18.1. The van der Waals surface area contributed by atoms with Crippen LogP contribution < -0.4 is 27.0 Å². The molecule has 2 aliphatic heterocycles. The molecule has 25 N–H and O–H groups in total. The molecule has 18 rings (SSSR count). The smallest absolute Gasteiger partial charge is 0.394 e. The zero-order valence-electron chi connectivity index (χ0n) is 70.5. The first-order valence-corrected chi connectivity index (χ1v) is 52.0. The Morgan fingerprint density at radius 3 is 1.27 bits per heavy atom. The molecule has 68 heteroatoms. The largest absolute Gasteiger partial charge is 0.481 e. The van der Waals surface area contributed by atoms with Crippen molar-refractivity contribution in [3.63, 3.8) is 0 Å². The monoisotopic (exact) mass is 2040 g/mol. The third-order valence-electron chi connectivity index (χ3n) is 24.0. The topological polar surface area (TPSA) is 880 Å². The van der Waals surface area contributed by atoms with E-state index < -0.39 is 153 Å². The van der Waals surface area contributed by atoms with Gasteiger partial charge in [-0.15, -0.1) is 0 Å². The zero-order chi connectivity index (χ0) is 97.0. The molecule has 133 heavy (non-hydrogen) atoms. The summed E-state index contributed by atoms with van der Waals surface area (Å²) in [6.45, 7) is 3.01. The Morgan fingerprint density at radius 2 is 0.842 bits per heavy atom.